The van der Waals surface area contributed by atoms with Gasteiger partial charge in [0.25, 0.3) is 0 Å². The number of nitrogens with two attached hydrogens (primary N) is 1. The minimum Gasteiger partial charge on any atom is -0.308 e. The normalized spacial score (nSPS) is 13.4. The summed E-state index contributed by atoms with van der Waals surface area (Å²) >= 11 is 1.31. The fraction of sp³-hybridized carbons (Fsp3) is 0.545. The summed E-state index contributed by atoms with van der Waals surface area (Å²) in [6.45, 7) is 4.08. The van der Waals surface area contributed by atoms with Gasteiger partial charge in [0.1, 0.15) is 5.82 Å². The van der Waals surface area contributed by atoms with Crippen LogP contribution in [0.3, 0.4) is 0 Å². The van der Waals surface area contributed by atoms with Gasteiger partial charge in [-0.05, 0) is 18.1 Å². The Bertz CT molecular complexity index is 396. The SMILES string of the molecule is CCC(C)CSc1cc(C(F)(F)F)cc(NN)n1. The van der Waals surface area contributed by atoms with E-state index in [-0.39, 0.29) is 5.82 Å². The van der Waals surface area contributed by atoms with Crippen LogP contribution in [0.2, 0.25) is 0 Å². The molecular weight excluding hydrogens is 263 g/mol. The number of anilines is 1. The van der Waals surface area contributed by atoms with Crippen molar-refractivity contribution >= 4 is 17.6 Å². The van der Waals surface area contributed by atoms with Gasteiger partial charge in [-0.2, -0.15) is 13.2 Å². The summed E-state index contributed by atoms with van der Waals surface area (Å²) in [4.78, 5) is 4.00. The Labute approximate surface area is 108 Å². The highest BCUT2D eigenvalue weighted by Crippen LogP contribution is 2.33. The largest absolute Gasteiger partial charge is 0.416 e. The Morgan fingerprint density at radius 3 is 2.61 bits per heavy atom. The van der Waals surface area contributed by atoms with Gasteiger partial charge >= 0.3 is 6.18 Å². The van der Waals surface area contributed by atoms with E-state index in [1.54, 1.807) is 0 Å². The molecule has 0 aliphatic rings. The second-order valence-corrected chi connectivity index (χ2v) is 5.09. The highest BCUT2D eigenvalue weighted by molar-refractivity contribution is 7.99. The lowest BCUT2D eigenvalue weighted by Crippen LogP contribution is -2.12. The molecule has 0 aromatic carbocycles. The molecule has 0 fully saturated rings. The second-order valence-electron chi connectivity index (χ2n) is 4.05. The van der Waals surface area contributed by atoms with E-state index in [2.05, 4.69) is 10.4 Å². The Balaban J connectivity index is 2.91. The third-order valence-electron chi connectivity index (χ3n) is 2.49. The lowest BCUT2D eigenvalue weighted by atomic mass is 10.2. The molecule has 102 valence electrons. The van der Waals surface area contributed by atoms with E-state index < -0.39 is 11.7 Å². The van der Waals surface area contributed by atoms with Crippen molar-refractivity contribution in [2.45, 2.75) is 31.5 Å². The van der Waals surface area contributed by atoms with E-state index in [4.69, 9.17) is 5.84 Å². The molecule has 0 aliphatic carbocycles. The van der Waals surface area contributed by atoms with Crippen LogP contribution < -0.4 is 11.3 Å². The van der Waals surface area contributed by atoms with E-state index in [0.29, 0.717) is 10.9 Å². The number of hydrogen-bond donors (Lipinski definition) is 2. The molecule has 0 saturated carbocycles. The molecule has 1 aromatic heterocycles. The summed E-state index contributed by atoms with van der Waals surface area (Å²) in [6.07, 6.45) is -3.41. The fourth-order valence-corrected chi connectivity index (χ4v) is 2.23. The molecule has 0 radical (unpaired) electrons. The van der Waals surface area contributed by atoms with Crippen LogP contribution in [0.5, 0.6) is 0 Å². The number of pyridine rings is 1. The first-order valence-electron chi connectivity index (χ1n) is 5.55. The van der Waals surface area contributed by atoms with Crippen LogP contribution in [-0.2, 0) is 6.18 Å². The molecule has 1 unspecified atom stereocenters. The van der Waals surface area contributed by atoms with Gasteiger partial charge in [-0.25, -0.2) is 10.8 Å². The quantitative estimate of drug-likeness (QED) is 0.492. The van der Waals surface area contributed by atoms with Crippen LogP contribution >= 0.6 is 11.8 Å². The number of nitrogens with zero attached hydrogens (tertiary/aromatic N) is 1. The summed E-state index contributed by atoms with van der Waals surface area (Å²) in [5.74, 6) is 6.31. The molecule has 1 aromatic rings. The molecule has 1 atom stereocenters. The summed E-state index contributed by atoms with van der Waals surface area (Å²) < 4.78 is 37.9. The molecule has 0 spiro atoms. The van der Waals surface area contributed by atoms with E-state index in [9.17, 15) is 13.2 Å². The minimum absolute atomic E-state index is 0.0245. The van der Waals surface area contributed by atoms with Crippen molar-refractivity contribution in [3.8, 4) is 0 Å². The number of alkyl halides is 3. The zero-order chi connectivity index (χ0) is 13.8. The van der Waals surface area contributed by atoms with Crippen LogP contribution in [0.1, 0.15) is 25.8 Å². The average molecular weight is 279 g/mol. The van der Waals surface area contributed by atoms with Gasteiger partial charge in [-0.3, -0.25) is 0 Å². The topological polar surface area (TPSA) is 50.9 Å². The number of rotatable bonds is 5. The fourth-order valence-electron chi connectivity index (χ4n) is 1.16. The average Bonchev–Trinajstić information content (AvgIpc) is 2.34. The maximum absolute atomic E-state index is 12.6. The molecule has 7 heteroatoms. The summed E-state index contributed by atoms with van der Waals surface area (Å²) in [5.41, 5.74) is 1.42. The predicted molar refractivity (Wildman–Crippen MR) is 67.2 cm³/mol. The van der Waals surface area contributed by atoms with Crippen molar-refractivity contribution in [3.05, 3.63) is 17.7 Å². The van der Waals surface area contributed by atoms with Crippen molar-refractivity contribution in [2.24, 2.45) is 11.8 Å². The molecule has 0 amide bonds. The summed E-state index contributed by atoms with van der Waals surface area (Å²) in [7, 11) is 0. The number of aromatic nitrogens is 1. The molecule has 3 nitrogen and oxygen atoms in total. The van der Waals surface area contributed by atoms with Gasteiger partial charge in [0.05, 0.1) is 10.6 Å². The van der Waals surface area contributed by atoms with Gasteiger partial charge in [-0.15, -0.1) is 11.8 Å². The van der Waals surface area contributed by atoms with Crippen molar-refractivity contribution in [1.29, 1.82) is 0 Å². The van der Waals surface area contributed by atoms with Crippen LogP contribution in [0.15, 0.2) is 17.2 Å². The van der Waals surface area contributed by atoms with Crippen LogP contribution in [0, 0.1) is 5.92 Å². The number of nitrogen functional groups attached to an aromatic ring is 1. The third-order valence-corrected chi connectivity index (χ3v) is 3.73. The zero-order valence-electron chi connectivity index (χ0n) is 10.2. The van der Waals surface area contributed by atoms with Crippen LogP contribution in [0.4, 0.5) is 19.0 Å². The lowest BCUT2D eigenvalue weighted by Gasteiger charge is -2.12. The van der Waals surface area contributed by atoms with Gasteiger partial charge in [0, 0.05) is 5.75 Å². The van der Waals surface area contributed by atoms with E-state index in [0.717, 1.165) is 24.3 Å². The maximum atomic E-state index is 12.6. The van der Waals surface area contributed by atoms with Gasteiger partial charge in [0.2, 0.25) is 0 Å². The van der Waals surface area contributed by atoms with E-state index >= 15 is 0 Å². The van der Waals surface area contributed by atoms with E-state index in [1.165, 1.54) is 11.8 Å². The number of nitrogens with one attached hydrogen (secondary N) is 1. The van der Waals surface area contributed by atoms with E-state index in [1.807, 2.05) is 13.8 Å². The second kappa shape index (κ2) is 6.29. The maximum Gasteiger partial charge on any atom is 0.416 e. The highest BCUT2D eigenvalue weighted by atomic mass is 32.2. The molecule has 3 N–H and O–H groups in total. The number of thioether (sulfide) groups is 1. The van der Waals surface area contributed by atoms with Crippen molar-refractivity contribution in [1.82, 2.24) is 4.98 Å². The predicted octanol–water partition coefficient (Wildman–Crippen LogP) is 3.52. The Morgan fingerprint density at radius 2 is 2.11 bits per heavy atom. The Kier molecular flexibility index (Phi) is 5.28. The van der Waals surface area contributed by atoms with Gasteiger partial charge in [-0.1, -0.05) is 20.3 Å². The minimum atomic E-state index is -4.39. The smallest absolute Gasteiger partial charge is 0.308 e. The number of halogens is 3. The molecule has 0 aliphatic heterocycles. The monoisotopic (exact) mass is 279 g/mol. The first-order chi connectivity index (χ1) is 8.36. The van der Waals surface area contributed by atoms with Crippen molar-refractivity contribution in [2.75, 3.05) is 11.2 Å². The Morgan fingerprint density at radius 1 is 1.44 bits per heavy atom. The van der Waals surface area contributed by atoms with Crippen molar-refractivity contribution in [3.63, 3.8) is 0 Å². The molecule has 1 heterocycles. The molecular formula is C11H16F3N3S. The van der Waals surface area contributed by atoms with Crippen LogP contribution in [-0.4, -0.2) is 10.7 Å². The van der Waals surface area contributed by atoms with Crippen LogP contribution in [0.25, 0.3) is 0 Å². The highest BCUT2D eigenvalue weighted by Gasteiger charge is 2.31. The first kappa shape index (κ1) is 15.1. The zero-order valence-corrected chi connectivity index (χ0v) is 11.0. The number of hydrogen-bond acceptors (Lipinski definition) is 4. The summed E-state index contributed by atoms with van der Waals surface area (Å²) in [5, 5.41) is 0.332. The van der Waals surface area contributed by atoms with Crippen molar-refractivity contribution < 1.29 is 13.2 Å². The standard InChI is InChI=1S/C11H16F3N3S/c1-3-7(2)6-18-10-5-8(11(12,13)14)4-9(16-10)17-15/h4-5,7H,3,6,15H2,1-2H3,(H,16,17). The third kappa shape index (κ3) is 4.38. The molecule has 1 rings (SSSR count). The molecule has 0 bridgehead atoms. The lowest BCUT2D eigenvalue weighted by molar-refractivity contribution is -0.137. The number of hydrazine groups is 1. The first-order valence-corrected chi connectivity index (χ1v) is 6.54. The van der Waals surface area contributed by atoms with Gasteiger partial charge in [0.15, 0.2) is 0 Å². The van der Waals surface area contributed by atoms with Gasteiger partial charge < -0.3 is 5.43 Å². The molecule has 18 heavy (non-hydrogen) atoms. The summed E-state index contributed by atoms with van der Waals surface area (Å²) in [6, 6.07) is 1.95. The molecule has 0 saturated heterocycles. The Hall–Kier alpha value is -0.950.